The monoisotopic (exact) mass is 482 g/mol. The van der Waals surface area contributed by atoms with E-state index in [2.05, 4.69) is 61.4 Å². The van der Waals surface area contributed by atoms with Crippen LogP contribution in [0.15, 0.2) is 60.8 Å². The molecule has 2 aromatic carbocycles. The number of rotatable bonds is 8. The molecule has 1 amide bonds. The summed E-state index contributed by atoms with van der Waals surface area (Å²) in [6.07, 6.45) is 4.44. The summed E-state index contributed by atoms with van der Waals surface area (Å²) in [5, 5.41) is 5.54. The highest BCUT2D eigenvalue weighted by atomic mass is 16.5. The molecule has 4 aromatic rings. The molecule has 1 fully saturated rings. The molecule has 2 aromatic heterocycles. The van der Waals surface area contributed by atoms with Crippen LogP contribution >= 0.6 is 0 Å². The molecule has 0 N–H and O–H groups in total. The van der Waals surface area contributed by atoms with Gasteiger partial charge in [0.2, 0.25) is 5.91 Å². The zero-order valence-electron chi connectivity index (χ0n) is 21.4. The van der Waals surface area contributed by atoms with Gasteiger partial charge in [0, 0.05) is 49.8 Å². The standard InChI is InChI=1S/C30H34N4O2/c1-21-10-11-28-24(17-21)18-25(30(31-28)27-9-5-4-7-22(27)2)19-33(20-26-8-6-16-36-26)29(35)13-15-34-14-12-23(3)32-34/h4-5,7,9-12,14,17-18,26H,6,8,13,15-16,19-20H2,1-3H3. The van der Waals surface area contributed by atoms with E-state index in [-0.39, 0.29) is 12.0 Å². The number of amides is 1. The van der Waals surface area contributed by atoms with Crippen molar-refractivity contribution >= 4 is 16.8 Å². The number of aromatic nitrogens is 3. The summed E-state index contributed by atoms with van der Waals surface area (Å²) in [6.45, 7) is 8.59. The molecular weight excluding hydrogens is 448 g/mol. The fraction of sp³-hybridized carbons (Fsp3) is 0.367. The van der Waals surface area contributed by atoms with Gasteiger partial charge in [-0.3, -0.25) is 9.48 Å². The minimum Gasteiger partial charge on any atom is -0.376 e. The lowest BCUT2D eigenvalue weighted by Gasteiger charge is -2.27. The van der Waals surface area contributed by atoms with E-state index in [1.165, 1.54) is 11.1 Å². The summed E-state index contributed by atoms with van der Waals surface area (Å²) in [7, 11) is 0. The molecular formula is C30H34N4O2. The van der Waals surface area contributed by atoms with E-state index in [9.17, 15) is 4.79 Å². The topological polar surface area (TPSA) is 60.3 Å². The van der Waals surface area contributed by atoms with Crippen LogP contribution in [-0.2, 0) is 22.6 Å². The summed E-state index contributed by atoms with van der Waals surface area (Å²) in [6, 6.07) is 18.9. The molecule has 0 aliphatic carbocycles. The molecule has 186 valence electrons. The van der Waals surface area contributed by atoms with Gasteiger partial charge < -0.3 is 9.64 Å². The Labute approximate surface area is 212 Å². The highest BCUT2D eigenvalue weighted by Gasteiger charge is 2.24. The van der Waals surface area contributed by atoms with Gasteiger partial charge in [0.05, 0.1) is 23.0 Å². The van der Waals surface area contributed by atoms with Gasteiger partial charge >= 0.3 is 0 Å². The number of nitrogens with zero attached hydrogens (tertiary/aromatic N) is 4. The van der Waals surface area contributed by atoms with Gasteiger partial charge in [-0.1, -0.05) is 35.9 Å². The van der Waals surface area contributed by atoms with Crippen molar-refractivity contribution in [3.63, 3.8) is 0 Å². The maximum absolute atomic E-state index is 13.6. The molecule has 6 heteroatoms. The Balaban J connectivity index is 1.49. The molecule has 5 rings (SSSR count). The number of hydrogen-bond donors (Lipinski definition) is 0. The zero-order chi connectivity index (χ0) is 25.1. The molecule has 1 unspecified atom stereocenters. The number of pyridine rings is 1. The molecule has 1 saturated heterocycles. The Morgan fingerprint density at radius 1 is 1.11 bits per heavy atom. The Hall–Kier alpha value is -3.51. The van der Waals surface area contributed by atoms with Crippen LogP contribution in [0.5, 0.6) is 0 Å². The number of fused-ring (bicyclic) bond motifs is 1. The Morgan fingerprint density at radius 2 is 1.97 bits per heavy atom. The third-order valence-corrected chi connectivity index (χ3v) is 6.94. The van der Waals surface area contributed by atoms with Crippen molar-refractivity contribution in [1.29, 1.82) is 0 Å². The van der Waals surface area contributed by atoms with Crippen molar-refractivity contribution in [2.24, 2.45) is 0 Å². The van der Waals surface area contributed by atoms with Gasteiger partial charge in [-0.25, -0.2) is 4.98 Å². The first kappa shape index (κ1) is 24.2. The SMILES string of the molecule is Cc1ccc2nc(-c3ccccc3C)c(CN(CC3CCCO3)C(=O)CCn3ccc(C)n3)cc2c1. The van der Waals surface area contributed by atoms with E-state index in [0.717, 1.165) is 52.9 Å². The van der Waals surface area contributed by atoms with Gasteiger partial charge in [0.15, 0.2) is 0 Å². The third kappa shape index (κ3) is 5.49. The minimum atomic E-state index is 0.0819. The lowest BCUT2D eigenvalue weighted by Crippen LogP contribution is -2.37. The van der Waals surface area contributed by atoms with Crippen molar-refractivity contribution in [3.05, 3.63) is 83.2 Å². The average Bonchev–Trinajstić information content (AvgIpc) is 3.53. The van der Waals surface area contributed by atoms with Gasteiger partial charge in [-0.2, -0.15) is 5.10 Å². The van der Waals surface area contributed by atoms with E-state index in [1.807, 2.05) is 34.8 Å². The number of aryl methyl sites for hydroxylation is 4. The quantitative estimate of drug-likeness (QED) is 0.327. The molecule has 1 aliphatic heterocycles. The average molecular weight is 483 g/mol. The van der Waals surface area contributed by atoms with Crippen molar-refractivity contribution in [2.45, 2.75) is 59.2 Å². The molecule has 1 aliphatic rings. The zero-order valence-corrected chi connectivity index (χ0v) is 21.4. The first-order chi connectivity index (χ1) is 17.5. The number of benzene rings is 2. The molecule has 0 spiro atoms. The second-order valence-corrected chi connectivity index (χ2v) is 9.89. The van der Waals surface area contributed by atoms with Crippen LogP contribution in [0.2, 0.25) is 0 Å². The van der Waals surface area contributed by atoms with E-state index >= 15 is 0 Å². The molecule has 1 atom stereocenters. The van der Waals surface area contributed by atoms with Crippen molar-refractivity contribution in [3.8, 4) is 11.3 Å². The number of carbonyl (C=O) groups excluding carboxylic acids is 1. The van der Waals surface area contributed by atoms with Crippen LogP contribution in [-0.4, -0.2) is 44.8 Å². The molecule has 6 nitrogen and oxygen atoms in total. The molecule has 0 saturated carbocycles. The van der Waals surface area contributed by atoms with Crippen LogP contribution in [0.25, 0.3) is 22.2 Å². The van der Waals surface area contributed by atoms with E-state index < -0.39 is 0 Å². The molecule has 36 heavy (non-hydrogen) atoms. The lowest BCUT2D eigenvalue weighted by molar-refractivity contribution is -0.133. The highest BCUT2D eigenvalue weighted by Crippen LogP contribution is 2.30. The Bertz CT molecular complexity index is 1370. The molecule has 0 bridgehead atoms. The van der Waals surface area contributed by atoms with Crippen molar-refractivity contribution < 1.29 is 9.53 Å². The largest absolute Gasteiger partial charge is 0.376 e. The Kier molecular flexibility index (Phi) is 7.14. The fourth-order valence-corrected chi connectivity index (χ4v) is 4.98. The lowest BCUT2D eigenvalue weighted by atomic mass is 9.98. The van der Waals surface area contributed by atoms with Gasteiger partial charge in [0.1, 0.15) is 0 Å². The summed E-state index contributed by atoms with van der Waals surface area (Å²) < 4.78 is 7.77. The van der Waals surface area contributed by atoms with E-state index in [0.29, 0.717) is 26.1 Å². The first-order valence-corrected chi connectivity index (χ1v) is 12.8. The number of ether oxygens (including phenoxy) is 1. The molecule has 0 radical (unpaired) electrons. The predicted molar refractivity (Wildman–Crippen MR) is 143 cm³/mol. The summed E-state index contributed by atoms with van der Waals surface area (Å²) >= 11 is 0. The second-order valence-electron chi connectivity index (χ2n) is 9.89. The summed E-state index contributed by atoms with van der Waals surface area (Å²) in [5.41, 5.74) is 7.39. The maximum Gasteiger partial charge on any atom is 0.224 e. The normalized spacial score (nSPS) is 15.5. The van der Waals surface area contributed by atoms with E-state index in [1.54, 1.807) is 0 Å². The summed E-state index contributed by atoms with van der Waals surface area (Å²) in [5.74, 6) is 0.110. The number of carbonyl (C=O) groups is 1. The maximum atomic E-state index is 13.6. The number of hydrogen-bond acceptors (Lipinski definition) is 4. The van der Waals surface area contributed by atoms with Gasteiger partial charge in [-0.05, 0) is 69.0 Å². The predicted octanol–water partition coefficient (Wildman–Crippen LogP) is 5.62. The Morgan fingerprint density at radius 3 is 2.72 bits per heavy atom. The fourth-order valence-electron chi connectivity index (χ4n) is 4.98. The second kappa shape index (κ2) is 10.6. The molecule has 3 heterocycles. The highest BCUT2D eigenvalue weighted by molar-refractivity contribution is 5.85. The van der Waals surface area contributed by atoms with Crippen molar-refractivity contribution in [2.75, 3.05) is 13.2 Å². The van der Waals surface area contributed by atoms with Gasteiger partial charge in [0.25, 0.3) is 0 Å². The van der Waals surface area contributed by atoms with Crippen LogP contribution in [0, 0.1) is 20.8 Å². The van der Waals surface area contributed by atoms with Crippen LogP contribution in [0.4, 0.5) is 0 Å². The first-order valence-electron chi connectivity index (χ1n) is 12.8. The van der Waals surface area contributed by atoms with Crippen LogP contribution in [0.1, 0.15) is 41.6 Å². The summed E-state index contributed by atoms with van der Waals surface area (Å²) in [4.78, 5) is 20.6. The third-order valence-electron chi connectivity index (χ3n) is 6.94. The van der Waals surface area contributed by atoms with Crippen LogP contribution < -0.4 is 0 Å². The van der Waals surface area contributed by atoms with Crippen molar-refractivity contribution in [1.82, 2.24) is 19.7 Å². The van der Waals surface area contributed by atoms with E-state index in [4.69, 9.17) is 9.72 Å². The van der Waals surface area contributed by atoms with Gasteiger partial charge in [-0.15, -0.1) is 0 Å². The van der Waals surface area contributed by atoms with Crippen LogP contribution in [0.3, 0.4) is 0 Å². The minimum absolute atomic E-state index is 0.0819. The smallest absolute Gasteiger partial charge is 0.224 e.